The lowest BCUT2D eigenvalue weighted by molar-refractivity contribution is 0.102. The van der Waals surface area contributed by atoms with E-state index in [9.17, 15) is 13.2 Å². The molecule has 0 aliphatic heterocycles. The van der Waals surface area contributed by atoms with Gasteiger partial charge in [0, 0.05) is 24.2 Å². The van der Waals surface area contributed by atoms with Crippen LogP contribution in [0.5, 0.6) is 0 Å². The second kappa shape index (κ2) is 10.1. The number of nitrogens with zero attached hydrogens (tertiary/aromatic N) is 2. The molecule has 9 heteroatoms. The predicted molar refractivity (Wildman–Crippen MR) is 137 cm³/mol. The Bertz CT molecular complexity index is 1330. The number of anilines is 1. The third kappa shape index (κ3) is 5.01. The Kier molecular flexibility index (Phi) is 7.23. The molecule has 2 heterocycles. The largest absolute Gasteiger partial charge is 0.313 e. The zero-order valence-corrected chi connectivity index (χ0v) is 20.9. The number of carbonyl (C=O) groups excluding carboxylic acids is 1. The number of hydrogen-bond donors (Lipinski definition) is 1. The molecule has 0 aliphatic rings. The lowest BCUT2D eigenvalue weighted by Gasteiger charge is -2.20. The van der Waals surface area contributed by atoms with E-state index in [0.29, 0.717) is 23.7 Å². The number of sulfonamides is 1. The van der Waals surface area contributed by atoms with Crippen LogP contribution >= 0.6 is 22.7 Å². The SMILES string of the molecule is CCCCN(CC)S(=O)(=O)c1ccc(C(=O)Nc2sccc2-c2nc3ccccc3s2)cc1. The zero-order chi connectivity index (χ0) is 23.4. The van der Waals surface area contributed by atoms with Crippen LogP contribution < -0.4 is 5.32 Å². The normalized spacial score (nSPS) is 11.8. The molecule has 0 unspecified atom stereocenters. The van der Waals surface area contributed by atoms with Crippen LogP contribution in [0.4, 0.5) is 5.00 Å². The Morgan fingerprint density at radius 3 is 2.52 bits per heavy atom. The van der Waals surface area contributed by atoms with Gasteiger partial charge >= 0.3 is 0 Å². The number of thiophene rings is 1. The molecule has 0 radical (unpaired) electrons. The first-order chi connectivity index (χ1) is 15.9. The first-order valence-corrected chi connectivity index (χ1v) is 13.9. The van der Waals surface area contributed by atoms with E-state index in [2.05, 4.69) is 10.3 Å². The van der Waals surface area contributed by atoms with Crippen molar-refractivity contribution in [1.29, 1.82) is 0 Å². The van der Waals surface area contributed by atoms with Crippen LogP contribution in [0.25, 0.3) is 20.8 Å². The van der Waals surface area contributed by atoms with Gasteiger partial charge in [0.15, 0.2) is 0 Å². The summed E-state index contributed by atoms with van der Waals surface area (Å²) in [4.78, 5) is 17.8. The first kappa shape index (κ1) is 23.6. The van der Waals surface area contributed by atoms with Gasteiger partial charge in [-0.3, -0.25) is 4.79 Å². The summed E-state index contributed by atoms with van der Waals surface area (Å²) in [5.41, 5.74) is 2.20. The van der Waals surface area contributed by atoms with Crippen LogP contribution in [0, 0.1) is 0 Å². The number of thiazole rings is 1. The average Bonchev–Trinajstić information content (AvgIpc) is 3.46. The smallest absolute Gasteiger partial charge is 0.256 e. The number of benzene rings is 2. The molecular formula is C24H25N3O3S3. The Hall–Kier alpha value is -2.59. The lowest BCUT2D eigenvalue weighted by atomic mass is 10.2. The molecule has 4 aromatic rings. The molecule has 1 amide bonds. The van der Waals surface area contributed by atoms with Crippen molar-refractivity contribution in [2.24, 2.45) is 0 Å². The number of unbranched alkanes of at least 4 members (excludes halogenated alkanes) is 1. The molecule has 0 saturated carbocycles. The number of hydrogen-bond acceptors (Lipinski definition) is 6. The molecule has 6 nitrogen and oxygen atoms in total. The Labute approximate surface area is 202 Å². The Morgan fingerprint density at radius 1 is 1.06 bits per heavy atom. The average molecular weight is 500 g/mol. The second-order valence-electron chi connectivity index (χ2n) is 7.48. The maximum Gasteiger partial charge on any atom is 0.256 e. The maximum atomic E-state index is 12.9. The number of carbonyl (C=O) groups is 1. The molecule has 0 spiro atoms. The van der Waals surface area contributed by atoms with E-state index in [0.717, 1.165) is 33.6 Å². The van der Waals surface area contributed by atoms with Gasteiger partial charge in [0.25, 0.3) is 5.91 Å². The summed E-state index contributed by atoms with van der Waals surface area (Å²) in [6, 6.07) is 16.0. The quantitative estimate of drug-likeness (QED) is 0.302. The van der Waals surface area contributed by atoms with E-state index in [1.54, 1.807) is 23.5 Å². The minimum absolute atomic E-state index is 0.197. The fourth-order valence-corrected chi connectivity index (χ4v) is 6.78. The van der Waals surface area contributed by atoms with Gasteiger partial charge in [-0.2, -0.15) is 4.31 Å². The lowest BCUT2D eigenvalue weighted by Crippen LogP contribution is -2.31. The van der Waals surface area contributed by atoms with Gasteiger partial charge in [-0.25, -0.2) is 13.4 Å². The highest BCUT2D eigenvalue weighted by Crippen LogP contribution is 2.37. The van der Waals surface area contributed by atoms with Crippen molar-refractivity contribution in [3.63, 3.8) is 0 Å². The molecule has 0 fully saturated rings. The number of fused-ring (bicyclic) bond motifs is 1. The van der Waals surface area contributed by atoms with Gasteiger partial charge in [-0.1, -0.05) is 32.4 Å². The molecule has 0 aliphatic carbocycles. The molecule has 2 aromatic carbocycles. The number of nitrogens with one attached hydrogen (secondary N) is 1. The molecule has 0 saturated heterocycles. The standard InChI is InChI=1S/C24H25N3O3S3/c1-3-5-15-27(4-2)33(29,30)18-12-10-17(11-13-18)22(28)26-23-19(14-16-31-23)24-25-20-8-6-7-9-21(20)32-24/h6-14,16H,3-5,15H2,1-2H3,(H,26,28). The molecule has 4 rings (SSSR count). The van der Waals surface area contributed by atoms with Crippen molar-refractivity contribution in [3.05, 3.63) is 65.5 Å². The number of amides is 1. The number of para-hydroxylation sites is 1. The summed E-state index contributed by atoms with van der Waals surface area (Å²) < 4.78 is 28.4. The van der Waals surface area contributed by atoms with Gasteiger partial charge in [0.05, 0.1) is 15.1 Å². The summed E-state index contributed by atoms with van der Waals surface area (Å²) >= 11 is 3.01. The monoisotopic (exact) mass is 499 g/mol. The van der Waals surface area contributed by atoms with Crippen LogP contribution in [0.2, 0.25) is 0 Å². The van der Waals surface area contributed by atoms with Crippen molar-refractivity contribution in [1.82, 2.24) is 9.29 Å². The Morgan fingerprint density at radius 2 is 1.82 bits per heavy atom. The van der Waals surface area contributed by atoms with Crippen molar-refractivity contribution in [2.45, 2.75) is 31.6 Å². The molecule has 0 bridgehead atoms. The molecule has 1 N–H and O–H groups in total. The maximum absolute atomic E-state index is 12.9. The highest BCUT2D eigenvalue weighted by molar-refractivity contribution is 7.89. The molecule has 2 aromatic heterocycles. The van der Waals surface area contributed by atoms with Crippen LogP contribution in [-0.2, 0) is 10.0 Å². The van der Waals surface area contributed by atoms with E-state index in [4.69, 9.17) is 0 Å². The van der Waals surface area contributed by atoms with Gasteiger partial charge in [0.1, 0.15) is 10.0 Å². The highest BCUT2D eigenvalue weighted by Gasteiger charge is 2.23. The number of rotatable bonds is 9. The van der Waals surface area contributed by atoms with Crippen molar-refractivity contribution >= 4 is 53.8 Å². The minimum Gasteiger partial charge on any atom is -0.313 e. The van der Waals surface area contributed by atoms with Crippen LogP contribution in [-0.4, -0.2) is 36.7 Å². The predicted octanol–water partition coefficient (Wildman–Crippen LogP) is 6.09. The molecule has 33 heavy (non-hydrogen) atoms. The zero-order valence-electron chi connectivity index (χ0n) is 18.4. The van der Waals surface area contributed by atoms with Crippen molar-refractivity contribution in [3.8, 4) is 10.6 Å². The molecular weight excluding hydrogens is 474 g/mol. The van der Waals surface area contributed by atoms with Gasteiger partial charge in [-0.05, 0) is 54.3 Å². The minimum atomic E-state index is -3.57. The van der Waals surface area contributed by atoms with Crippen LogP contribution in [0.1, 0.15) is 37.0 Å². The van der Waals surface area contributed by atoms with E-state index < -0.39 is 10.0 Å². The van der Waals surface area contributed by atoms with Gasteiger partial charge in [-0.15, -0.1) is 22.7 Å². The summed E-state index contributed by atoms with van der Waals surface area (Å²) in [6.45, 7) is 4.77. The van der Waals surface area contributed by atoms with E-state index in [1.165, 1.54) is 27.8 Å². The topological polar surface area (TPSA) is 79.4 Å². The third-order valence-electron chi connectivity index (χ3n) is 5.28. The van der Waals surface area contributed by atoms with Crippen molar-refractivity contribution < 1.29 is 13.2 Å². The van der Waals surface area contributed by atoms with Gasteiger partial charge in [0.2, 0.25) is 10.0 Å². The van der Waals surface area contributed by atoms with Crippen LogP contribution in [0.15, 0.2) is 64.9 Å². The summed E-state index contributed by atoms with van der Waals surface area (Å²) in [5.74, 6) is -0.290. The highest BCUT2D eigenvalue weighted by atomic mass is 32.2. The summed E-state index contributed by atoms with van der Waals surface area (Å²) in [5, 5.41) is 6.44. The Balaban J connectivity index is 1.52. The summed E-state index contributed by atoms with van der Waals surface area (Å²) in [6.07, 6.45) is 1.73. The van der Waals surface area contributed by atoms with Crippen LogP contribution in [0.3, 0.4) is 0 Å². The first-order valence-electron chi connectivity index (χ1n) is 10.8. The number of aromatic nitrogens is 1. The fourth-order valence-electron chi connectivity index (χ4n) is 3.45. The second-order valence-corrected chi connectivity index (χ2v) is 11.4. The summed E-state index contributed by atoms with van der Waals surface area (Å²) in [7, 11) is -3.57. The van der Waals surface area contributed by atoms with E-state index in [1.807, 2.05) is 49.6 Å². The molecule has 0 atom stereocenters. The van der Waals surface area contributed by atoms with Gasteiger partial charge < -0.3 is 5.32 Å². The van der Waals surface area contributed by atoms with E-state index in [-0.39, 0.29) is 10.8 Å². The molecule has 172 valence electrons. The van der Waals surface area contributed by atoms with E-state index >= 15 is 0 Å². The fraction of sp³-hybridized carbons (Fsp3) is 0.250. The van der Waals surface area contributed by atoms with Crippen molar-refractivity contribution in [2.75, 3.05) is 18.4 Å². The third-order valence-corrected chi connectivity index (χ3v) is 9.17.